The molecular weight excluding hydrogens is 284 g/mol. The zero-order valence-corrected chi connectivity index (χ0v) is 13.3. The number of benzene rings is 1. The molecule has 0 N–H and O–H groups in total. The molecule has 0 amide bonds. The van der Waals surface area contributed by atoms with Gasteiger partial charge < -0.3 is 4.74 Å². The molecule has 0 bridgehead atoms. The number of ether oxygens (including phenoxy) is 1. The fourth-order valence-corrected chi connectivity index (χ4v) is 2.10. The van der Waals surface area contributed by atoms with E-state index >= 15 is 0 Å². The second kappa shape index (κ2) is 7.77. The van der Waals surface area contributed by atoms with Gasteiger partial charge in [-0.15, -0.1) is 6.42 Å². The first-order valence-corrected chi connectivity index (χ1v) is 7.16. The number of rotatable bonds is 5. The van der Waals surface area contributed by atoms with Crippen LogP contribution in [0.25, 0.3) is 0 Å². The average molecular weight is 302 g/mol. The highest BCUT2D eigenvalue weighted by Gasteiger charge is 2.08. The lowest BCUT2D eigenvalue weighted by Crippen LogP contribution is -2.02. The predicted molar refractivity (Wildman–Crippen MR) is 95.3 cm³/mol. The maximum absolute atomic E-state index is 5.50. The molecule has 0 spiro atoms. The van der Waals surface area contributed by atoms with Crippen LogP contribution in [0, 0.1) is 12.3 Å². The van der Waals surface area contributed by atoms with E-state index in [-0.39, 0.29) is 0 Å². The Balaban J connectivity index is 2.54. The number of allylic oxidation sites excluding steroid dienone is 3. The summed E-state index contributed by atoms with van der Waals surface area (Å²) in [6.45, 7) is 6.03. The van der Waals surface area contributed by atoms with Crippen LogP contribution in [0.15, 0.2) is 71.9 Å². The van der Waals surface area contributed by atoms with Crippen LogP contribution in [0.4, 0.5) is 5.69 Å². The summed E-state index contributed by atoms with van der Waals surface area (Å²) in [6, 6.07) is 11.7. The van der Waals surface area contributed by atoms with Gasteiger partial charge in [-0.25, -0.2) is 9.98 Å². The second-order valence-corrected chi connectivity index (χ2v) is 4.75. The van der Waals surface area contributed by atoms with Crippen molar-refractivity contribution in [3.63, 3.8) is 0 Å². The summed E-state index contributed by atoms with van der Waals surface area (Å²) in [7, 11) is 1.54. The molecule has 1 aromatic carbocycles. The fraction of sp³-hybridized carbons (Fsp3) is 0.100. The van der Waals surface area contributed by atoms with Crippen molar-refractivity contribution in [2.24, 2.45) is 4.99 Å². The molecule has 0 aliphatic rings. The third-order valence-electron chi connectivity index (χ3n) is 3.15. The number of hydrogen-bond acceptors (Lipinski definition) is 3. The van der Waals surface area contributed by atoms with Gasteiger partial charge in [0.25, 0.3) is 0 Å². The summed E-state index contributed by atoms with van der Waals surface area (Å²) in [5, 5.41) is 0. The monoisotopic (exact) mass is 302 g/mol. The molecular formula is C20H18N2O. The van der Waals surface area contributed by atoms with Crippen LogP contribution in [0.1, 0.15) is 18.1 Å². The SMILES string of the molecule is C#Cc1cc(N=C(C(=C)/C=C\C)c2ccccc2)cnc1OC. The molecule has 0 atom stereocenters. The Hall–Kier alpha value is -3.12. The van der Waals surface area contributed by atoms with Crippen molar-refractivity contribution in [3.8, 4) is 18.2 Å². The van der Waals surface area contributed by atoms with E-state index in [0.29, 0.717) is 17.1 Å². The van der Waals surface area contributed by atoms with Crippen LogP contribution in [0.2, 0.25) is 0 Å². The number of nitrogens with zero attached hydrogens (tertiary/aromatic N) is 2. The highest BCUT2D eigenvalue weighted by molar-refractivity contribution is 6.14. The minimum Gasteiger partial charge on any atom is -0.480 e. The van der Waals surface area contributed by atoms with Crippen LogP contribution < -0.4 is 4.74 Å². The smallest absolute Gasteiger partial charge is 0.229 e. The Morgan fingerprint density at radius 2 is 2.09 bits per heavy atom. The van der Waals surface area contributed by atoms with E-state index in [0.717, 1.165) is 16.8 Å². The molecule has 3 heteroatoms. The first-order valence-electron chi connectivity index (χ1n) is 7.16. The van der Waals surface area contributed by atoms with Crippen molar-refractivity contribution in [1.29, 1.82) is 0 Å². The minimum absolute atomic E-state index is 0.417. The van der Waals surface area contributed by atoms with Crippen molar-refractivity contribution in [2.75, 3.05) is 7.11 Å². The number of aliphatic imine (C=N–C) groups is 1. The van der Waals surface area contributed by atoms with E-state index in [9.17, 15) is 0 Å². The van der Waals surface area contributed by atoms with Gasteiger partial charge in [-0.3, -0.25) is 0 Å². The Bertz CT molecular complexity index is 796. The van der Waals surface area contributed by atoms with E-state index in [4.69, 9.17) is 11.2 Å². The van der Waals surface area contributed by atoms with Gasteiger partial charge >= 0.3 is 0 Å². The molecule has 0 unspecified atom stereocenters. The highest BCUT2D eigenvalue weighted by atomic mass is 16.5. The highest BCUT2D eigenvalue weighted by Crippen LogP contribution is 2.22. The van der Waals surface area contributed by atoms with Crippen LogP contribution in [0.3, 0.4) is 0 Å². The van der Waals surface area contributed by atoms with E-state index in [1.165, 1.54) is 7.11 Å². The summed E-state index contributed by atoms with van der Waals surface area (Å²) < 4.78 is 5.14. The first kappa shape index (κ1) is 16.3. The quantitative estimate of drug-likeness (QED) is 0.468. The van der Waals surface area contributed by atoms with Gasteiger partial charge in [0.05, 0.1) is 30.3 Å². The number of terminal acetylenes is 1. The summed E-state index contributed by atoms with van der Waals surface area (Å²) in [5.41, 5.74) is 3.80. The summed E-state index contributed by atoms with van der Waals surface area (Å²) in [4.78, 5) is 8.88. The third kappa shape index (κ3) is 3.96. The second-order valence-electron chi connectivity index (χ2n) is 4.75. The van der Waals surface area contributed by atoms with E-state index < -0.39 is 0 Å². The molecule has 0 aliphatic heterocycles. The molecule has 23 heavy (non-hydrogen) atoms. The largest absolute Gasteiger partial charge is 0.480 e. The van der Waals surface area contributed by atoms with Gasteiger partial charge in [-0.2, -0.15) is 0 Å². The molecule has 1 aromatic heterocycles. The van der Waals surface area contributed by atoms with Crippen LogP contribution >= 0.6 is 0 Å². The van der Waals surface area contributed by atoms with Crippen LogP contribution in [-0.2, 0) is 0 Å². The molecule has 3 nitrogen and oxygen atoms in total. The fourth-order valence-electron chi connectivity index (χ4n) is 2.10. The molecule has 114 valence electrons. The van der Waals surface area contributed by atoms with Crippen molar-refractivity contribution < 1.29 is 4.74 Å². The molecule has 0 saturated carbocycles. The van der Waals surface area contributed by atoms with Crippen LogP contribution in [0.5, 0.6) is 5.88 Å². The Labute approximate surface area is 137 Å². The normalized spacial score (nSPS) is 11.3. The van der Waals surface area contributed by atoms with Crippen molar-refractivity contribution in [1.82, 2.24) is 4.98 Å². The summed E-state index contributed by atoms with van der Waals surface area (Å²) >= 11 is 0. The third-order valence-corrected chi connectivity index (χ3v) is 3.15. The van der Waals surface area contributed by atoms with Gasteiger partial charge in [0.1, 0.15) is 0 Å². The maximum Gasteiger partial charge on any atom is 0.229 e. The lowest BCUT2D eigenvalue weighted by atomic mass is 10.0. The Kier molecular flexibility index (Phi) is 5.49. The number of methoxy groups -OCH3 is 1. The number of aromatic nitrogens is 1. The first-order chi connectivity index (χ1) is 11.2. The Morgan fingerprint density at radius 1 is 1.35 bits per heavy atom. The molecule has 0 fully saturated rings. The Morgan fingerprint density at radius 3 is 2.70 bits per heavy atom. The topological polar surface area (TPSA) is 34.5 Å². The number of pyridine rings is 1. The molecule has 1 heterocycles. The number of hydrogen-bond donors (Lipinski definition) is 0. The summed E-state index contributed by atoms with van der Waals surface area (Å²) in [5.74, 6) is 2.98. The van der Waals surface area contributed by atoms with Crippen molar-refractivity contribution >= 4 is 11.4 Å². The van der Waals surface area contributed by atoms with Gasteiger partial charge in [-0.05, 0) is 18.6 Å². The van der Waals surface area contributed by atoms with E-state index in [2.05, 4.69) is 22.5 Å². The maximum atomic E-state index is 5.50. The van der Waals surface area contributed by atoms with Crippen molar-refractivity contribution in [2.45, 2.75) is 6.92 Å². The lowest BCUT2D eigenvalue weighted by molar-refractivity contribution is 0.396. The standard InChI is InChI=1S/C20H18N2O/c1-5-10-15(3)19(17-11-8-7-9-12-17)22-18-13-16(6-2)20(23-4)21-14-18/h2,5,7-14H,3H2,1,4H3/b10-5-,22-19?. The zero-order valence-electron chi connectivity index (χ0n) is 13.3. The molecule has 2 aromatic rings. The molecule has 0 saturated heterocycles. The van der Waals surface area contributed by atoms with Gasteiger partial charge in [0.2, 0.25) is 5.88 Å². The zero-order chi connectivity index (χ0) is 16.7. The molecule has 0 aliphatic carbocycles. The van der Waals surface area contributed by atoms with Gasteiger partial charge in [0.15, 0.2) is 0 Å². The van der Waals surface area contributed by atoms with Gasteiger partial charge in [-0.1, -0.05) is 55.0 Å². The average Bonchev–Trinajstić information content (AvgIpc) is 2.60. The van der Waals surface area contributed by atoms with E-state index in [1.54, 1.807) is 12.3 Å². The molecule has 2 rings (SSSR count). The van der Waals surface area contributed by atoms with Crippen LogP contribution in [-0.4, -0.2) is 17.8 Å². The summed E-state index contributed by atoms with van der Waals surface area (Å²) in [6.07, 6.45) is 11.0. The van der Waals surface area contributed by atoms with Gasteiger partial charge in [0, 0.05) is 5.56 Å². The lowest BCUT2D eigenvalue weighted by Gasteiger charge is -2.08. The van der Waals surface area contributed by atoms with E-state index in [1.807, 2.05) is 49.4 Å². The van der Waals surface area contributed by atoms with Crippen molar-refractivity contribution in [3.05, 3.63) is 78.0 Å². The molecule has 0 radical (unpaired) electrons. The predicted octanol–water partition coefficient (Wildman–Crippen LogP) is 4.32. The minimum atomic E-state index is 0.417.